The topological polar surface area (TPSA) is 41.1 Å². The van der Waals surface area contributed by atoms with Gasteiger partial charge in [-0.1, -0.05) is 12.1 Å². The number of carbonyl (C=O) groups is 1. The number of aryl methyl sites for hydroxylation is 2. The standard InChI is InChI=1S/C18H22N2OS/c1-13-5-4-6-15(11-13)20-18(21)19-10-9-14-12-22-17-8-3-2-7-16(14)17/h4-6,11-12H,2-3,7-10H2,1H3,(H2,19,20,21). The zero-order valence-corrected chi connectivity index (χ0v) is 13.8. The summed E-state index contributed by atoms with van der Waals surface area (Å²) in [7, 11) is 0. The predicted molar refractivity (Wildman–Crippen MR) is 92.9 cm³/mol. The monoisotopic (exact) mass is 314 g/mol. The second-order valence-electron chi connectivity index (χ2n) is 5.87. The maximum absolute atomic E-state index is 11.9. The summed E-state index contributed by atoms with van der Waals surface area (Å²) in [6.07, 6.45) is 6.00. The van der Waals surface area contributed by atoms with Crippen LogP contribution in [0.25, 0.3) is 0 Å². The molecule has 4 heteroatoms. The number of benzene rings is 1. The number of urea groups is 1. The van der Waals surface area contributed by atoms with Crippen LogP contribution in [0.2, 0.25) is 0 Å². The van der Waals surface area contributed by atoms with Crippen molar-refractivity contribution in [3.63, 3.8) is 0 Å². The van der Waals surface area contributed by atoms with Crippen molar-refractivity contribution in [3.8, 4) is 0 Å². The fraction of sp³-hybridized carbons (Fsp3) is 0.389. The summed E-state index contributed by atoms with van der Waals surface area (Å²) in [5.74, 6) is 0. The van der Waals surface area contributed by atoms with Gasteiger partial charge in [-0.05, 0) is 73.2 Å². The van der Waals surface area contributed by atoms with E-state index in [-0.39, 0.29) is 6.03 Å². The Bertz CT molecular complexity index is 663. The Labute approximate surface area is 135 Å². The highest BCUT2D eigenvalue weighted by atomic mass is 32.1. The number of hydrogen-bond donors (Lipinski definition) is 2. The molecule has 3 rings (SSSR count). The average Bonchev–Trinajstić information content (AvgIpc) is 2.91. The van der Waals surface area contributed by atoms with Crippen molar-refractivity contribution < 1.29 is 4.79 Å². The van der Waals surface area contributed by atoms with Crippen molar-refractivity contribution in [2.45, 2.75) is 39.0 Å². The van der Waals surface area contributed by atoms with Gasteiger partial charge in [-0.3, -0.25) is 0 Å². The summed E-state index contributed by atoms with van der Waals surface area (Å²) in [5.41, 5.74) is 4.96. The molecule has 1 aromatic heterocycles. The highest BCUT2D eigenvalue weighted by Gasteiger charge is 2.15. The molecule has 2 amide bonds. The van der Waals surface area contributed by atoms with Gasteiger partial charge >= 0.3 is 6.03 Å². The van der Waals surface area contributed by atoms with Crippen LogP contribution < -0.4 is 10.6 Å². The summed E-state index contributed by atoms with van der Waals surface area (Å²) in [6.45, 7) is 2.70. The first-order valence-corrected chi connectivity index (χ1v) is 8.80. The first kappa shape index (κ1) is 15.1. The van der Waals surface area contributed by atoms with Gasteiger partial charge in [0.05, 0.1) is 0 Å². The Balaban J connectivity index is 1.48. The summed E-state index contributed by atoms with van der Waals surface area (Å²) in [5, 5.41) is 8.10. The van der Waals surface area contributed by atoms with Crippen molar-refractivity contribution in [1.29, 1.82) is 0 Å². The minimum absolute atomic E-state index is 0.130. The Morgan fingerprint density at radius 2 is 2.14 bits per heavy atom. The molecule has 1 aliphatic rings. The van der Waals surface area contributed by atoms with Gasteiger partial charge in [0, 0.05) is 17.1 Å². The Morgan fingerprint density at radius 1 is 1.27 bits per heavy atom. The maximum atomic E-state index is 11.9. The summed E-state index contributed by atoms with van der Waals surface area (Å²) in [6, 6.07) is 7.71. The van der Waals surface area contributed by atoms with Crippen LogP contribution in [-0.4, -0.2) is 12.6 Å². The zero-order chi connectivity index (χ0) is 15.4. The molecule has 3 nitrogen and oxygen atoms in total. The van der Waals surface area contributed by atoms with Crippen LogP contribution >= 0.6 is 11.3 Å². The van der Waals surface area contributed by atoms with E-state index in [1.807, 2.05) is 42.5 Å². The van der Waals surface area contributed by atoms with Gasteiger partial charge in [0.1, 0.15) is 0 Å². The van der Waals surface area contributed by atoms with Gasteiger partial charge < -0.3 is 10.6 Å². The number of hydrogen-bond acceptors (Lipinski definition) is 2. The number of thiophene rings is 1. The van der Waals surface area contributed by atoms with Crippen LogP contribution in [0.3, 0.4) is 0 Å². The molecule has 0 saturated carbocycles. The lowest BCUT2D eigenvalue weighted by molar-refractivity contribution is 0.252. The minimum atomic E-state index is -0.130. The quantitative estimate of drug-likeness (QED) is 0.868. The second-order valence-corrected chi connectivity index (χ2v) is 6.83. The molecule has 0 spiro atoms. The van der Waals surface area contributed by atoms with E-state index in [1.54, 1.807) is 10.4 Å². The molecule has 0 atom stereocenters. The van der Waals surface area contributed by atoms with Gasteiger partial charge in [-0.15, -0.1) is 11.3 Å². The van der Waals surface area contributed by atoms with E-state index < -0.39 is 0 Å². The summed E-state index contributed by atoms with van der Waals surface area (Å²) < 4.78 is 0. The molecule has 1 heterocycles. The molecule has 116 valence electrons. The molecule has 1 aromatic carbocycles. The van der Waals surface area contributed by atoms with Gasteiger partial charge in [0.25, 0.3) is 0 Å². The highest BCUT2D eigenvalue weighted by molar-refractivity contribution is 7.10. The number of anilines is 1. The lowest BCUT2D eigenvalue weighted by Gasteiger charge is -2.13. The van der Waals surface area contributed by atoms with E-state index in [0.29, 0.717) is 6.54 Å². The Morgan fingerprint density at radius 3 is 3.00 bits per heavy atom. The van der Waals surface area contributed by atoms with Crippen molar-refractivity contribution >= 4 is 23.1 Å². The number of nitrogens with one attached hydrogen (secondary N) is 2. The van der Waals surface area contributed by atoms with Crippen molar-refractivity contribution in [2.75, 3.05) is 11.9 Å². The van der Waals surface area contributed by atoms with Crippen LogP contribution in [0, 0.1) is 6.92 Å². The van der Waals surface area contributed by atoms with Crippen molar-refractivity contribution in [1.82, 2.24) is 5.32 Å². The van der Waals surface area contributed by atoms with E-state index in [0.717, 1.165) is 17.7 Å². The molecule has 0 radical (unpaired) electrons. The van der Waals surface area contributed by atoms with E-state index in [2.05, 4.69) is 16.0 Å². The molecular formula is C18H22N2OS. The smallest absolute Gasteiger partial charge is 0.319 e. The number of carbonyl (C=O) groups excluding carboxylic acids is 1. The first-order valence-electron chi connectivity index (χ1n) is 7.92. The normalized spacial score (nSPS) is 13.5. The SMILES string of the molecule is Cc1cccc(NC(=O)NCCc2csc3c2CCCC3)c1. The molecule has 0 aliphatic heterocycles. The van der Waals surface area contributed by atoms with Gasteiger partial charge in [-0.2, -0.15) is 0 Å². The third-order valence-corrected chi connectivity index (χ3v) is 5.24. The largest absolute Gasteiger partial charge is 0.338 e. The summed E-state index contributed by atoms with van der Waals surface area (Å²) >= 11 is 1.89. The Hall–Kier alpha value is -1.81. The van der Waals surface area contributed by atoms with Crippen LogP contribution in [0.5, 0.6) is 0 Å². The lowest BCUT2D eigenvalue weighted by atomic mass is 9.95. The molecular weight excluding hydrogens is 292 g/mol. The fourth-order valence-electron chi connectivity index (χ4n) is 2.98. The highest BCUT2D eigenvalue weighted by Crippen LogP contribution is 2.30. The van der Waals surface area contributed by atoms with Gasteiger partial charge in [0.15, 0.2) is 0 Å². The third-order valence-electron chi connectivity index (χ3n) is 4.10. The van der Waals surface area contributed by atoms with Crippen LogP contribution in [0.15, 0.2) is 29.6 Å². The maximum Gasteiger partial charge on any atom is 0.319 e. The summed E-state index contributed by atoms with van der Waals surface area (Å²) in [4.78, 5) is 13.5. The van der Waals surface area contributed by atoms with Crippen molar-refractivity contribution in [3.05, 3.63) is 51.2 Å². The molecule has 0 bridgehead atoms. The molecule has 2 N–H and O–H groups in total. The van der Waals surface area contributed by atoms with Crippen LogP contribution in [0.4, 0.5) is 10.5 Å². The lowest BCUT2D eigenvalue weighted by Crippen LogP contribution is -2.30. The molecule has 0 fully saturated rings. The van der Waals surface area contributed by atoms with E-state index in [4.69, 9.17) is 0 Å². The molecule has 2 aromatic rings. The molecule has 0 saturated heterocycles. The second kappa shape index (κ2) is 6.97. The fourth-order valence-corrected chi connectivity index (χ4v) is 4.16. The van der Waals surface area contributed by atoms with Crippen molar-refractivity contribution in [2.24, 2.45) is 0 Å². The number of rotatable bonds is 4. The third kappa shape index (κ3) is 3.69. The minimum Gasteiger partial charge on any atom is -0.338 e. The molecule has 0 unspecified atom stereocenters. The predicted octanol–water partition coefficient (Wildman–Crippen LogP) is 4.30. The number of amides is 2. The van der Waals surface area contributed by atoms with Crippen LogP contribution in [-0.2, 0) is 19.3 Å². The molecule has 22 heavy (non-hydrogen) atoms. The molecule has 1 aliphatic carbocycles. The average molecular weight is 314 g/mol. The number of fused-ring (bicyclic) bond motifs is 1. The zero-order valence-electron chi connectivity index (χ0n) is 12.9. The van der Waals surface area contributed by atoms with Gasteiger partial charge in [-0.25, -0.2) is 4.79 Å². The van der Waals surface area contributed by atoms with E-state index >= 15 is 0 Å². The van der Waals surface area contributed by atoms with E-state index in [9.17, 15) is 4.79 Å². The van der Waals surface area contributed by atoms with Gasteiger partial charge in [0.2, 0.25) is 0 Å². The van der Waals surface area contributed by atoms with E-state index in [1.165, 1.54) is 31.2 Å². The first-order chi connectivity index (χ1) is 10.7. The Kier molecular flexibility index (Phi) is 4.78. The van der Waals surface area contributed by atoms with Crippen LogP contribution in [0.1, 0.15) is 34.4 Å².